The van der Waals surface area contributed by atoms with Gasteiger partial charge in [0.15, 0.2) is 0 Å². The van der Waals surface area contributed by atoms with Crippen molar-refractivity contribution in [1.82, 2.24) is 0 Å². The smallest absolute Gasteiger partial charge is 0.0562 e. The van der Waals surface area contributed by atoms with Gasteiger partial charge in [0, 0.05) is 0 Å². The largest absolute Gasteiger partial charge is 0.320 e. The minimum Gasteiger partial charge on any atom is -0.320 e. The first-order valence-corrected chi connectivity index (χ1v) is 5.97. The lowest BCUT2D eigenvalue weighted by atomic mass is 9.96. The second-order valence-electron chi connectivity index (χ2n) is 3.89. The molecule has 1 nitrogen and oxygen atoms in total. The molecule has 2 N–H and O–H groups in total. The zero-order valence-electron chi connectivity index (χ0n) is 9.44. The molecule has 0 unspecified atom stereocenters. The summed E-state index contributed by atoms with van der Waals surface area (Å²) in [5, 5.41) is 4.19. The van der Waals surface area contributed by atoms with E-state index in [0.29, 0.717) is 0 Å². The summed E-state index contributed by atoms with van der Waals surface area (Å²) < 4.78 is 0. The predicted molar refractivity (Wildman–Crippen MR) is 73.5 cm³/mol. The molecule has 1 aromatic heterocycles. The summed E-state index contributed by atoms with van der Waals surface area (Å²) in [6.07, 6.45) is 0. The van der Waals surface area contributed by atoms with Crippen molar-refractivity contribution in [1.29, 1.82) is 0 Å². The van der Waals surface area contributed by atoms with Crippen LogP contribution in [-0.2, 0) is 0 Å². The number of thiophene rings is 1. The van der Waals surface area contributed by atoms with Crippen LogP contribution in [-0.4, -0.2) is 0 Å². The average Bonchev–Trinajstić information content (AvgIpc) is 2.74. The highest BCUT2D eigenvalue weighted by atomic mass is 35.5. The van der Waals surface area contributed by atoms with E-state index in [1.807, 2.05) is 0 Å². The number of hydrogen-bond donors (Lipinski definition) is 1. The molecule has 1 heterocycles. The highest BCUT2D eigenvalue weighted by molar-refractivity contribution is 7.08. The lowest BCUT2D eigenvalue weighted by Crippen LogP contribution is -2.12. The van der Waals surface area contributed by atoms with E-state index in [1.165, 1.54) is 22.3 Å². The number of nitrogens with two attached hydrogens (primary N) is 1. The van der Waals surface area contributed by atoms with Gasteiger partial charge in [0.05, 0.1) is 6.04 Å². The molecule has 0 spiro atoms. The Morgan fingerprint density at radius 2 is 1.94 bits per heavy atom. The number of hydrogen-bond acceptors (Lipinski definition) is 2. The molecule has 1 atom stereocenters. The van der Waals surface area contributed by atoms with Crippen LogP contribution in [0.15, 0.2) is 35.0 Å². The molecule has 0 aliphatic rings. The molecule has 2 aromatic rings. The van der Waals surface area contributed by atoms with Crippen molar-refractivity contribution in [3.63, 3.8) is 0 Å². The average molecular weight is 254 g/mol. The number of aryl methyl sites for hydroxylation is 2. The van der Waals surface area contributed by atoms with Gasteiger partial charge in [-0.15, -0.1) is 12.4 Å². The SMILES string of the molecule is Cc1ccc(C)c([C@@H](N)c2ccsc2)c1.Cl. The van der Waals surface area contributed by atoms with Crippen LogP contribution in [0.3, 0.4) is 0 Å². The zero-order valence-corrected chi connectivity index (χ0v) is 11.1. The molecular weight excluding hydrogens is 238 g/mol. The molecule has 0 fully saturated rings. The maximum Gasteiger partial charge on any atom is 0.0562 e. The van der Waals surface area contributed by atoms with Crippen molar-refractivity contribution >= 4 is 23.7 Å². The Labute approximate surface area is 107 Å². The Morgan fingerprint density at radius 1 is 1.19 bits per heavy atom. The number of benzene rings is 1. The van der Waals surface area contributed by atoms with Gasteiger partial charge in [-0.05, 0) is 47.4 Å². The summed E-state index contributed by atoms with van der Waals surface area (Å²) in [6.45, 7) is 4.21. The summed E-state index contributed by atoms with van der Waals surface area (Å²) in [5.41, 5.74) is 11.2. The van der Waals surface area contributed by atoms with E-state index < -0.39 is 0 Å². The summed E-state index contributed by atoms with van der Waals surface area (Å²) >= 11 is 1.69. The number of halogens is 1. The van der Waals surface area contributed by atoms with Crippen molar-refractivity contribution in [3.8, 4) is 0 Å². The highest BCUT2D eigenvalue weighted by Gasteiger charge is 2.11. The van der Waals surface area contributed by atoms with Crippen molar-refractivity contribution in [2.24, 2.45) is 5.73 Å². The van der Waals surface area contributed by atoms with E-state index in [-0.39, 0.29) is 18.4 Å². The second-order valence-corrected chi connectivity index (χ2v) is 4.67. The van der Waals surface area contributed by atoms with Crippen LogP contribution in [0, 0.1) is 13.8 Å². The van der Waals surface area contributed by atoms with Crippen molar-refractivity contribution in [2.75, 3.05) is 0 Å². The van der Waals surface area contributed by atoms with Crippen molar-refractivity contribution < 1.29 is 0 Å². The molecule has 2 rings (SSSR count). The molecule has 86 valence electrons. The van der Waals surface area contributed by atoms with Gasteiger partial charge in [-0.1, -0.05) is 23.8 Å². The van der Waals surface area contributed by atoms with Gasteiger partial charge in [-0.25, -0.2) is 0 Å². The molecule has 1 aromatic carbocycles. The first-order valence-electron chi connectivity index (χ1n) is 5.03. The van der Waals surface area contributed by atoms with Crippen LogP contribution >= 0.6 is 23.7 Å². The van der Waals surface area contributed by atoms with Gasteiger partial charge in [-0.2, -0.15) is 11.3 Å². The van der Waals surface area contributed by atoms with Crippen LogP contribution in [0.4, 0.5) is 0 Å². The Kier molecular flexibility index (Phi) is 4.54. The fourth-order valence-corrected chi connectivity index (χ4v) is 2.42. The third kappa shape index (κ3) is 2.64. The van der Waals surface area contributed by atoms with Gasteiger partial charge in [-0.3, -0.25) is 0 Å². The standard InChI is InChI=1S/C13H15NS.ClH/c1-9-3-4-10(2)12(7-9)13(14)11-5-6-15-8-11;/h3-8,13H,14H2,1-2H3;1H/t13-;/m0./s1. The zero-order chi connectivity index (χ0) is 10.8. The molecule has 0 aliphatic carbocycles. The summed E-state index contributed by atoms with van der Waals surface area (Å²) in [5.74, 6) is 0. The summed E-state index contributed by atoms with van der Waals surface area (Å²) in [7, 11) is 0. The van der Waals surface area contributed by atoms with Gasteiger partial charge in [0.1, 0.15) is 0 Å². The van der Waals surface area contributed by atoms with E-state index in [1.54, 1.807) is 11.3 Å². The quantitative estimate of drug-likeness (QED) is 0.865. The minimum atomic E-state index is 0. The monoisotopic (exact) mass is 253 g/mol. The van der Waals surface area contributed by atoms with Crippen LogP contribution in [0.25, 0.3) is 0 Å². The topological polar surface area (TPSA) is 26.0 Å². The molecule has 16 heavy (non-hydrogen) atoms. The second kappa shape index (κ2) is 5.48. The van der Waals surface area contributed by atoms with Gasteiger partial charge < -0.3 is 5.73 Å². The lowest BCUT2D eigenvalue weighted by molar-refractivity contribution is 0.865. The van der Waals surface area contributed by atoms with Crippen molar-refractivity contribution in [2.45, 2.75) is 19.9 Å². The van der Waals surface area contributed by atoms with Crippen LogP contribution in [0.5, 0.6) is 0 Å². The Hall–Kier alpha value is -0.830. The van der Waals surface area contributed by atoms with Crippen LogP contribution < -0.4 is 5.73 Å². The summed E-state index contributed by atoms with van der Waals surface area (Å²) in [4.78, 5) is 0. The molecule has 0 bridgehead atoms. The van der Waals surface area contributed by atoms with E-state index >= 15 is 0 Å². The van der Waals surface area contributed by atoms with E-state index in [0.717, 1.165) is 0 Å². The minimum absolute atomic E-state index is 0. The maximum atomic E-state index is 6.24. The first kappa shape index (κ1) is 13.2. The number of rotatable bonds is 2. The highest BCUT2D eigenvalue weighted by Crippen LogP contribution is 2.25. The first-order chi connectivity index (χ1) is 7.18. The molecule has 3 heteroatoms. The molecule has 0 amide bonds. The lowest BCUT2D eigenvalue weighted by Gasteiger charge is -2.14. The Bertz CT molecular complexity index is 451. The van der Waals surface area contributed by atoms with Gasteiger partial charge in [0.2, 0.25) is 0 Å². The summed E-state index contributed by atoms with van der Waals surface area (Å²) in [6, 6.07) is 8.54. The van der Waals surface area contributed by atoms with Gasteiger partial charge in [0.25, 0.3) is 0 Å². The van der Waals surface area contributed by atoms with Crippen LogP contribution in [0.2, 0.25) is 0 Å². The van der Waals surface area contributed by atoms with Crippen LogP contribution in [0.1, 0.15) is 28.3 Å². The third-order valence-corrected chi connectivity index (χ3v) is 3.37. The Morgan fingerprint density at radius 3 is 2.56 bits per heavy atom. The van der Waals surface area contributed by atoms with Crippen molar-refractivity contribution in [3.05, 3.63) is 57.3 Å². The maximum absolute atomic E-state index is 6.24. The van der Waals surface area contributed by atoms with Gasteiger partial charge >= 0.3 is 0 Å². The predicted octanol–water partition coefficient (Wildman–Crippen LogP) is 3.83. The van der Waals surface area contributed by atoms with E-state index in [4.69, 9.17) is 5.73 Å². The molecule has 0 aliphatic heterocycles. The fraction of sp³-hybridized carbons (Fsp3) is 0.231. The normalized spacial score (nSPS) is 11.9. The van der Waals surface area contributed by atoms with E-state index in [9.17, 15) is 0 Å². The molecule has 0 saturated carbocycles. The van der Waals surface area contributed by atoms with E-state index in [2.05, 4.69) is 48.9 Å². The molecule has 0 saturated heterocycles. The molecular formula is C13H16ClNS. The fourth-order valence-electron chi connectivity index (χ4n) is 1.73. The molecule has 0 radical (unpaired) electrons. The third-order valence-electron chi connectivity index (χ3n) is 2.67. The Balaban J connectivity index is 0.00000128.